The molecule has 4 aromatic rings. The Morgan fingerprint density at radius 1 is 0.909 bits per heavy atom. The van der Waals surface area contributed by atoms with Crippen LogP contribution in [0.25, 0.3) is 0 Å². The Balaban J connectivity index is 1.58. The Morgan fingerprint density at radius 2 is 1.61 bits per heavy atom. The number of anilines is 2. The number of aromatic nitrogens is 3. The maximum atomic E-state index is 14.0. The molecule has 0 aliphatic heterocycles. The van der Waals surface area contributed by atoms with Gasteiger partial charge in [0.05, 0.1) is 11.3 Å². The predicted molar refractivity (Wildman–Crippen MR) is 123 cm³/mol. The van der Waals surface area contributed by atoms with E-state index >= 15 is 0 Å². The van der Waals surface area contributed by atoms with Crippen molar-refractivity contribution in [3.8, 4) is 0 Å². The van der Waals surface area contributed by atoms with Crippen LogP contribution in [0, 0.1) is 11.2 Å². The van der Waals surface area contributed by atoms with E-state index in [1.54, 1.807) is 54.0 Å². The van der Waals surface area contributed by atoms with Gasteiger partial charge in [-0.2, -0.15) is 5.11 Å². The number of pyridine rings is 1. The molecule has 0 unspecified atom stereocenters. The molecular weight excluding hydrogens is 421 g/mol. The van der Waals surface area contributed by atoms with E-state index in [0.29, 0.717) is 29.2 Å². The Bertz CT molecular complexity index is 1300. The highest BCUT2D eigenvalue weighted by Crippen LogP contribution is 2.29. The number of hydrogen-bond acceptors (Lipinski definition) is 8. The molecule has 9 nitrogen and oxygen atoms in total. The van der Waals surface area contributed by atoms with Crippen LogP contribution >= 0.6 is 0 Å². The fraction of sp³-hybridized carbons (Fsp3) is 0.0435. The zero-order valence-electron chi connectivity index (χ0n) is 17.5. The summed E-state index contributed by atoms with van der Waals surface area (Å²) in [4.78, 5) is 12.7. The fourth-order valence-corrected chi connectivity index (χ4v) is 3.09. The molecule has 0 amide bonds. The SMILES string of the molecule is N=C(c1nc(N)c(N=Nc2ccccc2)c(N)n1)c1cccnc1[NH2+]Cc1ccccc1F. The van der Waals surface area contributed by atoms with Crippen LogP contribution in [0.15, 0.2) is 83.2 Å². The van der Waals surface area contributed by atoms with E-state index in [-0.39, 0.29) is 34.7 Å². The number of benzene rings is 2. The van der Waals surface area contributed by atoms with E-state index in [0.717, 1.165) is 0 Å². The van der Waals surface area contributed by atoms with Gasteiger partial charge in [-0.3, -0.25) is 10.7 Å². The average Bonchev–Trinajstić information content (AvgIpc) is 2.83. The van der Waals surface area contributed by atoms with Gasteiger partial charge in [-0.1, -0.05) is 36.4 Å². The zero-order valence-corrected chi connectivity index (χ0v) is 17.5. The molecule has 7 N–H and O–H groups in total. The summed E-state index contributed by atoms with van der Waals surface area (Å²) in [7, 11) is 0. The molecule has 0 aliphatic carbocycles. The topological polar surface area (TPSA) is 156 Å². The van der Waals surface area contributed by atoms with E-state index < -0.39 is 0 Å². The van der Waals surface area contributed by atoms with Crippen LogP contribution in [-0.2, 0) is 6.54 Å². The molecular formula is C23H21FN9+. The van der Waals surface area contributed by atoms with Crippen molar-refractivity contribution in [3.05, 3.63) is 95.7 Å². The lowest BCUT2D eigenvalue weighted by molar-refractivity contribution is -0.592. The number of nitrogens with zero attached hydrogens (tertiary/aromatic N) is 5. The third kappa shape index (κ3) is 5.02. The van der Waals surface area contributed by atoms with Crippen molar-refractivity contribution in [2.45, 2.75) is 6.54 Å². The standard InChI is InChI=1S/C23H20FN9/c24-17-11-5-4-7-14(17)13-29-22-16(10-6-12-28-22)18(25)23-30-20(26)19(21(27)31-23)33-32-15-8-2-1-3-9-15/h1-12,25H,13H2,(H,28,29)(H4,26,27,30,31)/p+1. The smallest absolute Gasteiger partial charge is 0.234 e. The summed E-state index contributed by atoms with van der Waals surface area (Å²) >= 11 is 0. The van der Waals surface area contributed by atoms with E-state index in [2.05, 4.69) is 25.2 Å². The first kappa shape index (κ1) is 21.7. The molecule has 2 aromatic carbocycles. The molecule has 0 bridgehead atoms. The molecule has 0 radical (unpaired) electrons. The van der Waals surface area contributed by atoms with Gasteiger partial charge in [0.2, 0.25) is 5.82 Å². The van der Waals surface area contributed by atoms with Crippen LogP contribution in [0.4, 0.5) is 33.2 Å². The van der Waals surface area contributed by atoms with E-state index in [1.807, 2.05) is 18.2 Å². The molecule has 0 saturated carbocycles. The van der Waals surface area contributed by atoms with Gasteiger partial charge in [0.15, 0.2) is 23.1 Å². The number of azo groups is 1. The van der Waals surface area contributed by atoms with Crippen molar-refractivity contribution >= 4 is 34.5 Å². The number of quaternary nitrogens is 1. The molecule has 33 heavy (non-hydrogen) atoms. The highest BCUT2D eigenvalue weighted by molar-refractivity contribution is 6.11. The first-order chi connectivity index (χ1) is 16.0. The first-order valence-corrected chi connectivity index (χ1v) is 10.0. The first-order valence-electron chi connectivity index (χ1n) is 10.0. The minimum Gasteiger partial charge on any atom is -0.382 e. The summed E-state index contributed by atoms with van der Waals surface area (Å²) in [6, 6.07) is 19.0. The second-order valence-electron chi connectivity index (χ2n) is 7.01. The lowest BCUT2D eigenvalue weighted by Crippen LogP contribution is -2.77. The molecule has 0 atom stereocenters. The number of rotatable bonds is 7. The second kappa shape index (κ2) is 9.71. The molecule has 2 heterocycles. The highest BCUT2D eigenvalue weighted by atomic mass is 19.1. The molecule has 0 spiro atoms. The molecule has 0 aliphatic rings. The molecule has 0 saturated heterocycles. The lowest BCUT2D eigenvalue weighted by atomic mass is 10.1. The number of halogens is 1. The molecule has 0 fully saturated rings. The Hall–Kier alpha value is -4.57. The maximum absolute atomic E-state index is 14.0. The van der Waals surface area contributed by atoms with Gasteiger partial charge in [-0.25, -0.2) is 19.3 Å². The van der Waals surface area contributed by atoms with Crippen molar-refractivity contribution in [2.75, 3.05) is 11.5 Å². The van der Waals surface area contributed by atoms with Crippen molar-refractivity contribution in [1.82, 2.24) is 15.0 Å². The number of nitrogen functional groups attached to an aromatic ring is 2. The Labute approximate surface area is 189 Å². The number of hydrogen-bond donors (Lipinski definition) is 4. The maximum Gasteiger partial charge on any atom is 0.234 e. The van der Waals surface area contributed by atoms with Gasteiger partial charge in [0, 0.05) is 11.8 Å². The van der Waals surface area contributed by atoms with Crippen LogP contribution in [-0.4, -0.2) is 20.7 Å². The van der Waals surface area contributed by atoms with Gasteiger partial charge < -0.3 is 11.5 Å². The van der Waals surface area contributed by atoms with Gasteiger partial charge in [0.1, 0.15) is 18.1 Å². The van der Waals surface area contributed by atoms with Crippen LogP contribution < -0.4 is 16.8 Å². The van der Waals surface area contributed by atoms with Crippen LogP contribution in [0.2, 0.25) is 0 Å². The predicted octanol–water partition coefficient (Wildman–Crippen LogP) is 3.40. The molecule has 164 valence electrons. The van der Waals surface area contributed by atoms with Gasteiger partial charge in [-0.05, 0) is 30.3 Å². The third-order valence-corrected chi connectivity index (χ3v) is 4.76. The lowest BCUT2D eigenvalue weighted by Gasteiger charge is -2.09. The van der Waals surface area contributed by atoms with Gasteiger partial charge in [-0.15, -0.1) is 5.11 Å². The van der Waals surface area contributed by atoms with E-state index in [4.69, 9.17) is 16.9 Å². The second-order valence-corrected chi connectivity index (χ2v) is 7.01. The number of nitrogens with two attached hydrogens (primary N) is 3. The minimum atomic E-state index is -0.301. The molecule has 4 rings (SSSR count). The fourth-order valence-electron chi connectivity index (χ4n) is 3.09. The van der Waals surface area contributed by atoms with Crippen LogP contribution in [0.1, 0.15) is 17.0 Å². The van der Waals surface area contributed by atoms with Crippen molar-refractivity contribution < 1.29 is 9.71 Å². The summed E-state index contributed by atoms with van der Waals surface area (Å²) < 4.78 is 14.0. The Kier molecular flexibility index (Phi) is 6.37. The molecule has 10 heteroatoms. The monoisotopic (exact) mass is 442 g/mol. The Morgan fingerprint density at radius 3 is 2.33 bits per heavy atom. The quantitative estimate of drug-likeness (QED) is 0.255. The normalized spacial score (nSPS) is 11.1. The van der Waals surface area contributed by atoms with Crippen molar-refractivity contribution in [3.63, 3.8) is 0 Å². The van der Waals surface area contributed by atoms with Crippen molar-refractivity contribution in [1.29, 1.82) is 5.41 Å². The van der Waals surface area contributed by atoms with E-state index in [1.165, 1.54) is 6.07 Å². The molecule has 2 aromatic heterocycles. The van der Waals surface area contributed by atoms with Crippen molar-refractivity contribution in [2.24, 2.45) is 10.2 Å². The summed E-state index contributed by atoms with van der Waals surface area (Å²) in [5, 5.41) is 18.5. The largest absolute Gasteiger partial charge is 0.382 e. The van der Waals surface area contributed by atoms with Gasteiger partial charge >= 0.3 is 0 Å². The van der Waals surface area contributed by atoms with Gasteiger partial charge in [0.25, 0.3) is 0 Å². The summed E-state index contributed by atoms with van der Waals surface area (Å²) in [6.07, 6.45) is 1.60. The number of nitrogens with one attached hydrogen (secondary N) is 1. The van der Waals surface area contributed by atoms with E-state index in [9.17, 15) is 4.39 Å². The minimum absolute atomic E-state index is 0.00251. The third-order valence-electron chi connectivity index (χ3n) is 4.76. The van der Waals surface area contributed by atoms with Crippen LogP contribution in [0.3, 0.4) is 0 Å². The highest BCUT2D eigenvalue weighted by Gasteiger charge is 2.20. The zero-order chi connectivity index (χ0) is 23.2. The summed E-state index contributed by atoms with van der Waals surface area (Å²) in [5.41, 5.74) is 13.8. The summed E-state index contributed by atoms with van der Waals surface area (Å²) in [6.45, 7) is 0.313. The summed E-state index contributed by atoms with van der Waals surface area (Å²) in [5.74, 6) is 0.229. The van der Waals surface area contributed by atoms with Crippen LogP contribution in [0.5, 0.6) is 0 Å². The average molecular weight is 442 g/mol.